The fourth-order valence-electron chi connectivity index (χ4n) is 2.07. The van der Waals surface area contributed by atoms with Crippen LogP contribution in [0.1, 0.15) is 31.5 Å². The van der Waals surface area contributed by atoms with E-state index < -0.39 is 11.6 Å². The zero-order chi connectivity index (χ0) is 11.3. The number of nitrogens with zero attached hydrogens (tertiary/aromatic N) is 1. The number of aromatic amines is 1. The molecule has 1 aromatic heterocycles. The van der Waals surface area contributed by atoms with Crippen molar-refractivity contribution in [1.82, 2.24) is 9.97 Å². The van der Waals surface area contributed by atoms with Crippen LogP contribution in [0.2, 0.25) is 0 Å². The number of aromatic nitrogens is 2. The van der Waals surface area contributed by atoms with Crippen LogP contribution in [0, 0.1) is 17.6 Å². The molecule has 1 aliphatic rings. The minimum atomic E-state index is -0.858. The second kappa shape index (κ2) is 3.27. The van der Waals surface area contributed by atoms with Gasteiger partial charge in [-0.1, -0.05) is 6.92 Å². The second-order valence-electron chi connectivity index (χ2n) is 4.51. The first-order valence-corrected chi connectivity index (χ1v) is 5.50. The summed E-state index contributed by atoms with van der Waals surface area (Å²) in [7, 11) is 0. The molecule has 1 N–H and O–H groups in total. The molecule has 0 saturated heterocycles. The highest BCUT2D eigenvalue weighted by Gasteiger charge is 2.31. The van der Waals surface area contributed by atoms with Crippen LogP contribution in [0.15, 0.2) is 12.1 Å². The third kappa shape index (κ3) is 1.40. The SMILES string of the molecule is CC(c1nc2c(F)c(F)ccc2[nH]1)C1CC1. The number of hydrogen-bond donors (Lipinski definition) is 1. The minimum Gasteiger partial charge on any atom is -0.342 e. The Balaban J connectivity index is 2.11. The molecular formula is C12H12F2N2. The first-order chi connectivity index (χ1) is 7.66. The van der Waals surface area contributed by atoms with Gasteiger partial charge in [0.05, 0.1) is 5.52 Å². The molecule has 1 heterocycles. The first-order valence-electron chi connectivity index (χ1n) is 5.50. The maximum absolute atomic E-state index is 13.4. The molecule has 1 saturated carbocycles. The summed E-state index contributed by atoms with van der Waals surface area (Å²) in [4.78, 5) is 7.23. The van der Waals surface area contributed by atoms with E-state index in [1.807, 2.05) is 0 Å². The third-order valence-electron chi connectivity index (χ3n) is 3.32. The number of nitrogens with one attached hydrogen (secondary N) is 1. The molecule has 1 aromatic carbocycles. The molecular weight excluding hydrogens is 210 g/mol. The normalized spacial score (nSPS) is 17.9. The molecule has 3 rings (SSSR count). The summed E-state index contributed by atoms with van der Waals surface area (Å²) in [6.45, 7) is 2.07. The fraction of sp³-hybridized carbons (Fsp3) is 0.417. The van der Waals surface area contributed by atoms with E-state index in [9.17, 15) is 8.78 Å². The van der Waals surface area contributed by atoms with Crippen molar-refractivity contribution in [1.29, 1.82) is 0 Å². The molecule has 0 radical (unpaired) electrons. The van der Waals surface area contributed by atoms with Crippen molar-refractivity contribution in [3.8, 4) is 0 Å². The van der Waals surface area contributed by atoms with Gasteiger partial charge < -0.3 is 4.98 Å². The van der Waals surface area contributed by atoms with Gasteiger partial charge in [-0.2, -0.15) is 0 Å². The molecule has 1 atom stereocenters. The largest absolute Gasteiger partial charge is 0.342 e. The van der Waals surface area contributed by atoms with Gasteiger partial charge in [-0.3, -0.25) is 0 Å². The van der Waals surface area contributed by atoms with Crippen molar-refractivity contribution in [2.75, 3.05) is 0 Å². The van der Waals surface area contributed by atoms with Crippen molar-refractivity contribution in [2.45, 2.75) is 25.7 Å². The van der Waals surface area contributed by atoms with Gasteiger partial charge in [0.2, 0.25) is 0 Å². The van der Waals surface area contributed by atoms with Crippen LogP contribution in [0.3, 0.4) is 0 Å². The number of benzene rings is 1. The van der Waals surface area contributed by atoms with E-state index >= 15 is 0 Å². The summed E-state index contributed by atoms with van der Waals surface area (Å²) in [6.07, 6.45) is 2.41. The fourth-order valence-corrected chi connectivity index (χ4v) is 2.07. The molecule has 2 aromatic rings. The van der Waals surface area contributed by atoms with Crippen LogP contribution in [0.5, 0.6) is 0 Å². The van der Waals surface area contributed by atoms with Crippen molar-refractivity contribution >= 4 is 11.0 Å². The van der Waals surface area contributed by atoms with Crippen molar-refractivity contribution in [3.05, 3.63) is 29.6 Å². The zero-order valence-electron chi connectivity index (χ0n) is 8.93. The van der Waals surface area contributed by atoms with Gasteiger partial charge in [0.25, 0.3) is 0 Å². The molecule has 4 heteroatoms. The standard InChI is InChI=1S/C12H12F2N2/c1-6(7-2-3-7)12-15-9-5-4-8(13)10(14)11(9)16-12/h4-7H,2-3H2,1H3,(H,15,16). The molecule has 1 unspecified atom stereocenters. The minimum absolute atomic E-state index is 0.113. The van der Waals surface area contributed by atoms with Crippen molar-refractivity contribution in [2.24, 2.45) is 5.92 Å². The zero-order valence-corrected chi connectivity index (χ0v) is 8.93. The molecule has 84 valence electrons. The van der Waals surface area contributed by atoms with E-state index in [-0.39, 0.29) is 5.52 Å². The van der Waals surface area contributed by atoms with Crippen molar-refractivity contribution in [3.63, 3.8) is 0 Å². The van der Waals surface area contributed by atoms with Gasteiger partial charge >= 0.3 is 0 Å². The van der Waals surface area contributed by atoms with Crippen molar-refractivity contribution < 1.29 is 8.78 Å². The Hall–Kier alpha value is -1.45. The predicted octanol–water partition coefficient (Wildman–Crippen LogP) is 3.35. The van der Waals surface area contributed by atoms with Crippen LogP contribution in [0.25, 0.3) is 11.0 Å². The maximum atomic E-state index is 13.4. The van der Waals surface area contributed by atoms with Gasteiger partial charge in [-0.25, -0.2) is 13.8 Å². The molecule has 2 nitrogen and oxygen atoms in total. The highest BCUT2D eigenvalue weighted by Crippen LogP contribution is 2.41. The maximum Gasteiger partial charge on any atom is 0.186 e. The lowest BCUT2D eigenvalue weighted by molar-refractivity contribution is 0.515. The third-order valence-corrected chi connectivity index (χ3v) is 3.32. The van der Waals surface area contributed by atoms with Gasteiger partial charge in [0.1, 0.15) is 11.3 Å². The van der Waals surface area contributed by atoms with Crippen LogP contribution < -0.4 is 0 Å². The molecule has 16 heavy (non-hydrogen) atoms. The second-order valence-corrected chi connectivity index (χ2v) is 4.51. The number of rotatable bonds is 2. The van der Waals surface area contributed by atoms with E-state index in [0.29, 0.717) is 17.4 Å². The van der Waals surface area contributed by atoms with Gasteiger partial charge in [0.15, 0.2) is 11.6 Å². The topological polar surface area (TPSA) is 28.7 Å². The summed E-state index contributed by atoms with van der Waals surface area (Å²) in [6, 6.07) is 2.66. The first kappa shape index (κ1) is 9.75. The Kier molecular flexibility index (Phi) is 1.99. The Morgan fingerprint density at radius 3 is 2.81 bits per heavy atom. The van der Waals surface area contributed by atoms with Gasteiger partial charge in [0, 0.05) is 5.92 Å². The molecule has 1 fully saturated rings. The van der Waals surface area contributed by atoms with E-state index in [2.05, 4.69) is 16.9 Å². The molecule has 0 spiro atoms. The smallest absolute Gasteiger partial charge is 0.186 e. The molecule has 0 bridgehead atoms. The Morgan fingerprint density at radius 2 is 2.12 bits per heavy atom. The summed E-state index contributed by atoms with van der Waals surface area (Å²) < 4.78 is 26.4. The summed E-state index contributed by atoms with van der Waals surface area (Å²) in [5, 5.41) is 0. The quantitative estimate of drug-likeness (QED) is 0.829. The lowest BCUT2D eigenvalue weighted by Gasteiger charge is -2.04. The Morgan fingerprint density at radius 1 is 1.38 bits per heavy atom. The van der Waals surface area contributed by atoms with E-state index in [1.165, 1.54) is 18.9 Å². The average molecular weight is 222 g/mol. The number of hydrogen-bond acceptors (Lipinski definition) is 1. The van der Waals surface area contributed by atoms with Gasteiger partial charge in [-0.15, -0.1) is 0 Å². The van der Waals surface area contributed by atoms with E-state index in [0.717, 1.165) is 11.9 Å². The number of imidazole rings is 1. The van der Waals surface area contributed by atoms with Crippen LogP contribution in [-0.2, 0) is 0 Å². The summed E-state index contributed by atoms with van der Waals surface area (Å²) >= 11 is 0. The van der Waals surface area contributed by atoms with Crippen LogP contribution in [-0.4, -0.2) is 9.97 Å². The lowest BCUT2D eigenvalue weighted by Crippen LogP contribution is -1.97. The highest BCUT2D eigenvalue weighted by molar-refractivity contribution is 5.75. The van der Waals surface area contributed by atoms with Crippen LogP contribution in [0.4, 0.5) is 8.78 Å². The summed E-state index contributed by atoms with van der Waals surface area (Å²) in [5.74, 6) is 0.0120. The number of halogens is 2. The molecule has 0 amide bonds. The molecule has 0 aliphatic heterocycles. The summed E-state index contributed by atoms with van der Waals surface area (Å²) in [5.41, 5.74) is 0.684. The Bertz CT molecular complexity index is 543. The Labute approximate surface area is 91.7 Å². The monoisotopic (exact) mass is 222 g/mol. The average Bonchev–Trinajstić information content (AvgIpc) is 3.02. The van der Waals surface area contributed by atoms with E-state index in [1.54, 1.807) is 0 Å². The number of H-pyrrole nitrogens is 1. The molecule has 1 aliphatic carbocycles. The lowest BCUT2D eigenvalue weighted by atomic mass is 10.1. The predicted molar refractivity (Wildman–Crippen MR) is 57.1 cm³/mol. The van der Waals surface area contributed by atoms with Gasteiger partial charge in [-0.05, 0) is 30.9 Å². The number of fused-ring (bicyclic) bond motifs is 1. The highest BCUT2D eigenvalue weighted by atomic mass is 19.2. The van der Waals surface area contributed by atoms with E-state index in [4.69, 9.17) is 0 Å². The van der Waals surface area contributed by atoms with Crippen LogP contribution >= 0.6 is 0 Å².